The first kappa shape index (κ1) is 13.7. The summed E-state index contributed by atoms with van der Waals surface area (Å²) >= 11 is 2.31. The van der Waals surface area contributed by atoms with Gasteiger partial charge in [0.15, 0.2) is 6.61 Å². The van der Waals surface area contributed by atoms with Crippen LogP contribution in [0, 0.1) is 14.9 Å². The van der Waals surface area contributed by atoms with Crippen molar-refractivity contribution in [1.29, 1.82) is 5.26 Å². The van der Waals surface area contributed by atoms with Crippen LogP contribution in [0.15, 0.2) is 48.5 Å². The Kier molecular flexibility index (Phi) is 5.04. The van der Waals surface area contributed by atoms with Gasteiger partial charge in [-0.15, -0.1) is 0 Å². The van der Waals surface area contributed by atoms with E-state index in [0.717, 1.165) is 18.0 Å². The van der Waals surface area contributed by atoms with Gasteiger partial charge in [0.2, 0.25) is 0 Å². The van der Waals surface area contributed by atoms with E-state index in [0.29, 0.717) is 0 Å². The molecule has 3 nitrogen and oxygen atoms in total. The minimum Gasteiger partial charge on any atom is -0.479 e. The van der Waals surface area contributed by atoms with Crippen molar-refractivity contribution in [3.05, 3.63) is 57.7 Å². The Morgan fingerprint density at radius 3 is 2.53 bits per heavy atom. The Labute approximate surface area is 126 Å². The lowest BCUT2D eigenvalue weighted by atomic mass is 10.2. The average Bonchev–Trinajstić information content (AvgIpc) is 2.45. The van der Waals surface area contributed by atoms with Gasteiger partial charge in [0.1, 0.15) is 11.8 Å². The maximum atomic E-state index is 8.43. The van der Waals surface area contributed by atoms with Gasteiger partial charge in [0, 0.05) is 15.8 Å². The molecule has 2 aromatic rings. The Hall–Kier alpha value is -1.74. The van der Waals surface area contributed by atoms with Crippen LogP contribution >= 0.6 is 22.6 Å². The molecular formula is C15H13IN2O. The second kappa shape index (κ2) is 7.00. The molecule has 0 spiro atoms. The van der Waals surface area contributed by atoms with Crippen molar-refractivity contribution in [2.45, 2.75) is 6.54 Å². The molecule has 0 aliphatic rings. The van der Waals surface area contributed by atoms with Crippen LogP contribution in [0.4, 0.5) is 5.69 Å². The van der Waals surface area contributed by atoms with Crippen molar-refractivity contribution in [2.24, 2.45) is 0 Å². The molecule has 0 saturated heterocycles. The second-order valence-corrected chi connectivity index (χ2v) is 5.09. The van der Waals surface area contributed by atoms with Gasteiger partial charge in [0.25, 0.3) is 0 Å². The predicted molar refractivity (Wildman–Crippen MR) is 84.0 cm³/mol. The van der Waals surface area contributed by atoms with Crippen LogP contribution in [-0.2, 0) is 6.54 Å². The van der Waals surface area contributed by atoms with Gasteiger partial charge < -0.3 is 10.1 Å². The lowest BCUT2D eigenvalue weighted by molar-refractivity contribution is 0.368. The summed E-state index contributed by atoms with van der Waals surface area (Å²) in [6, 6.07) is 17.9. The van der Waals surface area contributed by atoms with Crippen molar-refractivity contribution >= 4 is 28.3 Å². The summed E-state index contributed by atoms with van der Waals surface area (Å²) in [5, 5.41) is 11.8. The maximum Gasteiger partial charge on any atom is 0.174 e. The van der Waals surface area contributed by atoms with Crippen LogP contribution in [0.5, 0.6) is 5.75 Å². The molecule has 0 aliphatic heterocycles. The standard InChI is InChI=1S/C15H13IN2O/c16-14-3-1-2-4-15(14)18-11-12-5-7-13(8-6-12)19-10-9-17/h1-8,18H,10-11H2. The molecule has 0 radical (unpaired) electrons. The molecule has 0 aromatic heterocycles. The number of nitrogens with one attached hydrogen (secondary N) is 1. The lowest BCUT2D eigenvalue weighted by Gasteiger charge is -2.09. The Morgan fingerprint density at radius 1 is 1.11 bits per heavy atom. The fraction of sp³-hybridized carbons (Fsp3) is 0.133. The average molecular weight is 364 g/mol. The maximum absolute atomic E-state index is 8.43. The van der Waals surface area contributed by atoms with E-state index in [1.54, 1.807) is 0 Å². The van der Waals surface area contributed by atoms with Crippen molar-refractivity contribution < 1.29 is 4.74 Å². The topological polar surface area (TPSA) is 45.0 Å². The molecule has 0 amide bonds. The highest BCUT2D eigenvalue weighted by Gasteiger charge is 1.99. The van der Waals surface area contributed by atoms with Crippen LogP contribution < -0.4 is 10.1 Å². The highest BCUT2D eigenvalue weighted by atomic mass is 127. The first-order chi connectivity index (χ1) is 9.29. The molecule has 0 saturated carbocycles. The number of benzene rings is 2. The molecule has 2 aromatic carbocycles. The highest BCUT2D eigenvalue weighted by Crippen LogP contribution is 2.18. The fourth-order valence-corrected chi connectivity index (χ4v) is 2.20. The van der Waals surface area contributed by atoms with Crippen LogP contribution in [0.3, 0.4) is 0 Å². The molecule has 0 unspecified atom stereocenters. The van der Waals surface area contributed by atoms with Gasteiger partial charge in [0.05, 0.1) is 0 Å². The van der Waals surface area contributed by atoms with Crippen molar-refractivity contribution in [3.63, 3.8) is 0 Å². The number of halogens is 1. The minimum atomic E-state index is 0.0831. The molecule has 1 N–H and O–H groups in total. The molecule has 0 fully saturated rings. The molecular weight excluding hydrogens is 351 g/mol. The molecule has 19 heavy (non-hydrogen) atoms. The van der Waals surface area contributed by atoms with Gasteiger partial charge in [-0.05, 0) is 52.4 Å². The third-order valence-corrected chi connectivity index (χ3v) is 3.52. The normalized spacial score (nSPS) is 9.68. The number of para-hydroxylation sites is 1. The van der Waals surface area contributed by atoms with E-state index in [2.05, 4.69) is 40.0 Å². The Balaban J connectivity index is 1.93. The molecule has 96 valence electrons. The zero-order chi connectivity index (χ0) is 13.5. The number of rotatable bonds is 5. The van der Waals surface area contributed by atoms with Gasteiger partial charge in [-0.3, -0.25) is 0 Å². The van der Waals surface area contributed by atoms with E-state index < -0.39 is 0 Å². The molecule has 0 aliphatic carbocycles. The number of nitrogens with zero attached hydrogens (tertiary/aromatic N) is 1. The van der Waals surface area contributed by atoms with Gasteiger partial charge in [-0.25, -0.2) is 0 Å². The van der Waals surface area contributed by atoms with Crippen molar-refractivity contribution in [1.82, 2.24) is 0 Å². The van der Waals surface area contributed by atoms with E-state index in [9.17, 15) is 0 Å². The summed E-state index contributed by atoms with van der Waals surface area (Å²) in [6.07, 6.45) is 0. The van der Waals surface area contributed by atoms with Crippen LogP contribution in [0.2, 0.25) is 0 Å². The van der Waals surface area contributed by atoms with Crippen molar-refractivity contribution in [2.75, 3.05) is 11.9 Å². The number of nitriles is 1. The van der Waals surface area contributed by atoms with E-state index in [1.807, 2.05) is 42.5 Å². The monoisotopic (exact) mass is 364 g/mol. The third-order valence-electron chi connectivity index (χ3n) is 2.58. The molecule has 0 atom stereocenters. The number of hydrogen-bond donors (Lipinski definition) is 1. The molecule has 4 heteroatoms. The van der Waals surface area contributed by atoms with Gasteiger partial charge in [-0.2, -0.15) is 5.26 Å². The molecule has 2 rings (SSSR count). The Bertz CT molecular complexity index is 575. The summed E-state index contributed by atoms with van der Waals surface area (Å²) in [5.74, 6) is 0.722. The van der Waals surface area contributed by atoms with Crippen molar-refractivity contribution in [3.8, 4) is 11.8 Å². The lowest BCUT2D eigenvalue weighted by Crippen LogP contribution is -2.01. The van der Waals surface area contributed by atoms with Crippen LogP contribution in [-0.4, -0.2) is 6.61 Å². The largest absolute Gasteiger partial charge is 0.479 e. The highest BCUT2D eigenvalue weighted by molar-refractivity contribution is 14.1. The number of anilines is 1. The quantitative estimate of drug-likeness (QED) is 0.821. The summed E-state index contributed by atoms with van der Waals surface area (Å²) in [5.41, 5.74) is 2.30. The summed E-state index contributed by atoms with van der Waals surface area (Å²) in [6.45, 7) is 0.846. The molecule has 0 bridgehead atoms. The van der Waals surface area contributed by atoms with Gasteiger partial charge in [-0.1, -0.05) is 24.3 Å². The van der Waals surface area contributed by atoms with E-state index in [1.165, 1.54) is 9.13 Å². The predicted octanol–water partition coefficient (Wildman–Crippen LogP) is 3.81. The first-order valence-corrected chi connectivity index (χ1v) is 6.94. The van der Waals surface area contributed by atoms with E-state index in [-0.39, 0.29) is 6.61 Å². The molecule has 0 heterocycles. The zero-order valence-electron chi connectivity index (χ0n) is 10.3. The smallest absolute Gasteiger partial charge is 0.174 e. The zero-order valence-corrected chi connectivity index (χ0v) is 12.4. The number of ether oxygens (including phenoxy) is 1. The van der Waals surface area contributed by atoms with Crippen LogP contribution in [0.25, 0.3) is 0 Å². The summed E-state index contributed by atoms with van der Waals surface area (Å²) in [7, 11) is 0. The Morgan fingerprint density at radius 2 is 1.84 bits per heavy atom. The third kappa shape index (κ3) is 4.14. The SMILES string of the molecule is N#CCOc1ccc(CNc2ccccc2I)cc1. The summed E-state index contributed by atoms with van der Waals surface area (Å²) < 4.78 is 6.41. The first-order valence-electron chi connectivity index (χ1n) is 5.86. The number of hydrogen-bond acceptors (Lipinski definition) is 3. The summed E-state index contributed by atoms with van der Waals surface area (Å²) in [4.78, 5) is 0. The van der Waals surface area contributed by atoms with Crippen LogP contribution in [0.1, 0.15) is 5.56 Å². The second-order valence-electron chi connectivity index (χ2n) is 3.92. The van der Waals surface area contributed by atoms with E-state index >= 15 is 0 Å². The fourth-order valence-electron chi connectivity index (χ4n) is 1.62. The van der Waals surface area contributed by atoms with E-state index in [4.69, 9.17) is 10.00 Å². The minimum absolute atomic E-state index is 0.0831. The van der Waals surface area contributed by atoms with Gasteiger partial charge >= 0.3 is 0 Å².